The summed E-state index contributed by atoms with van der Waals surface area (Å²) in [6.07, 6.45) is 5.56. The third-order valence-electron chi connectivity index (χ3n) is 2.33. The van der Waals surface area contributed by atoms with Crippen molar-refractivity contribution < 1.29 is 17.5 Å². The van der Waals surface area contributed by atoms with Crippen LogP contribution in [0.15, 0.2) is 30.0 Å². The molecule has 84 valence electrons. The van der Waals surface area contributed by atoms with Gasteiger partial charge in [-0.25, -0.2) is 4.48 Å². The Morgan fingerprint density at radius 1 is 1.67 bits per heavy atom. The second-order valence-electron chi connectivity index (χ2n) is 3.62. The minimum atomic E-state index is -3.87. The number of likely N-dealkylation sites (N-methyl/N-ethyl adjacent to an activating group) is 1. The molecule has 1 unspecified atom stereocenters. The number of rotatable bonds is 5. The highest BCUT2D eigenvalue weighted by atomic mass is 32.2. The van der Waals surface area contributed by atoms with Gasteiger partial charge in [-0.2, -0.15) is 13.4 Å². The molecule has 0 saturated heterocycles. The third kappa shape index (κ3) is 3.26. The fourth-order valence-electron chi connectivity index (χ4n) is 1.49. The first-order valence-corrected chi connectivity index (χ1v) is 6.17. The normalized spacial score (nSPS) is 25.3. The van der Waals surface area contributed by atoms with Gasteiger partial charge in [0, 0.05) is 12.5 Å². The second kappa shape index (κ2) is 4.26. The molecule has 5 nitrogen and oxygen atoms in total. The van der Waals surface area contributed by atoms with E-state index in [1.807, 2.05) is 13.2 Å². The number of hydrogen-bond donors (Lipinski definition) is 1. The SMILES string of the molecule is C=CC1=NC=C[N+]1(C)CCCS(=O)(=O)O. The van der Waals surface area contributed by atoms with E-state index < -0.39 is 10.1 Å². The molecule has 0 bridgehead atoms. The van der Waals surface area contributed by atoms with Gasteiger partial charge in [-0.1, -0.05) is 6.58 Å². The zero-order chi connectivity index (χ0) is 11.5. The lowest BCUT2D eigenvalue weighted by Gasteiger charge is -2.25. The summed E-state index contributed by atoms with van der Waals surface area (Å²) in [5.74, 6) is 0.560. The maximum Gasteiger partial charge on any atom is 0.265 e. The topological polar surface area (TPSA) is 66.7 Å². The molecule has 0 aromatic heterocycles. The summed E-state index contributed by atoms with van der Waals surface area (Å²) >= 11 is 0. The zero-order valence-corrected chi connectivity index (χ0v) is 9.44. The highest BCUT2D eigenvalue weighted by Crippen LogP contribution is 2.15. The molecule has 0 fully saturated rings. The highest BCUT2D eigenvalue weighted by molar-refractivity contribution is 7.85. The lowest BCUT2D eigenvalue weighted by molar-refractivity contribution is -0.762. The van der Waals surface area contributed by atoms with E-state index in [1.165, 1.54) is 0 Å². The maximum absolute atomic E-state index is 10.5. The van der Waals surface area contributed by atoms with Crippen molar-refractivity contribution in [3.8, 4) is 0 Å². The highest BCUT2D eigenvalue weighted by Gasteiger charge is 2.28. The average Bonchev–Trinajstić information content (AvgIpc) is 2.44. The Bertz CT molecular complexity index is 411. The molecule has 0 aromatic carbocycles. The van der Waals surface area contributed by atoms with E-state index in [-0.39, 0.29) is 5.75 Å². The van der Waals surface area contributed by atoms with Crippen LogP contribution < -0.4 is 0 Å². The summed E-state index contributed by atoms with van der Waals surface area (Å²) < 4.78 is 30.1. The molecular formula is C9H15N2O3S+. The van der Waals surface area contributed by atoms with Crippen LogP contribution in [0.1, 0.15) is 6.42 Å². The summed E-state index contributed by atoms with van der Waals surface area (Å²) in [7, 11) is -1.96. The lowest BCUT2D eigenvalue weighted by Crippen LogP contribution is -2.42. The molecular weight excluding hydrogens is 216 g/mol. The van der Waals surface area contributed by atoms with Gasteiger partial charge >= 0.3 is 0 Å². The summed E-state index contributed by atoms with van der Waals surface area (Å²) in [5.41, 5.74) is 0. The van der Waals surface area contributed by atoms with Crippen LogP contribution in [0.25, 0.3) is 0 Å². The van der Waals surface area contributed by atoms with Crippen molar-refractivity contribution in [2.75, 3.05) is 19.3 Å². The van der Waals surface area contributed by atoms with E-state index in [0.717, 1.165) is 5.84 Å². The predicted octanol–water partition coefficient (Wildman–Crippen LogP) is 0.780. The van der Waals surface area contributed by atoms with Crippen LogP contribution >= 0.6 is 0 Å². The molecule has 1 atom stereocenters. The van der Waals surface area contributed by atoms with Crippen molar-refractivity contribution >= 4 is 16.0 Å². The van der Waals surface area contributed by atoms with Gasteiger partial charge in [0.25, 0.3) is 10.1 Å². The Morgan fingerprint density at radius 2 is 2.33 bits per heavy atom. The number of amidine groups is 1. The molecule has 0 aliphatic carbocycles. The molecule has 1 aliphatic heterocycles. The molecule has 15 heavy (non-hydrogen) atoms. The molecule has 0 amide bonds. The molecule has 0 spiro atoms. The molecule has 0 radical (unpaired) electrons. The fraction of sp³-hybridized carbons (Fsp3) is 0.444. The smallest absolute Gasteiger partial charge is 0.265 e. The van der Waals surface area contributed by atoms with Gasteiger partial charge in [0.2, 0.25) is 5.84 Å². The van der Waals surface area contributed by atoms with Crippen molar-refractivity contribution in [2.45, 2.75) is 6.42 Å². The number of hydrogen-bond acceptors (Lipinski definition) is 3. The largest absolute Gasteiger partial charge is 0.286 e. The minimum absolute atomic E-state index is 0.223. The number of quaternary nitrogens is 1. The molecule has 0 saturated carbocycles. The molecule has 1 heterocycles. The van der Waals surface area contributed by atoms with Crippen LogP contribution in [0.5, 0.6) is 0 Å². The quantitative estimate of drug-likeness (QED) is 0.561. The van der Waals surface area contributed by atoms with Gasteiger partial charge in [0.15, 0.2) is 0 Å². The van der Waals surface area contributed by atoms with Gasteiger partial charge in [0.1, 0.15) is 6.20 Å². The molecule has 6 heteroatoms. The van der Waals surface area contributed by atoms with Crippen molar-refractivity contribution in [2.24, 2.45) is 4.99 Å². The Kier molecular flexibility index (Phi) is 3.43. The summed E-state index contributed by atoms with van der Waals surface area (Å²) in [4.78, 5) is 4.10. The Morgan fingerprint density at radius 3 is 2.87 bits per heavy atom. The van der Waals surface area contributed by atoms with Crippen LogP contribution in [0, 0.1) is 0 Å². The summed E-state index contributed by atoms with van der Waals surface area (Å²) in [6.45, 7) is 4.21. The summed E-state index contributed by atoms with van der Waals surface area (Å²) in [5, 5.41) is 0. The van der Waals surface area contributed by atoms with E-state index in [9.17, 15) is 8.42 Å². The van der Waals surface area contributed by atoms with Crippen LogP contribution in [-0.2, 0) is 10.1 Å². The molecule has 1 rings (SSSR count). The van der Waals surface area contributed by atoms with Crippen molar-refractivity contribution in [1.82, 2.24) is 0 Å². The first-order valence-electron chi connectivity index (χ1n) is 4.56. The van der Waals surface area contributed by atoms with E-state index in [1.54, 1.807) is 12.3 Å². The third-order valence-corrected chi connectivity index (χ3v) is 3.14. The molecule has 1 aliphatic rings. The Labute approximate surface area is 89.8 Å². The molecule has 1 N–H and O–H groups in total. The number of nitrogens with zero attached hydrogens (tertiary/aromatic N) is 2. The molecule has 0 aromatic rings. The second-order valence-corrected chi connectivity index (χ2v) is 5.19. The lowest BCUT2D eigenvalue weighted by atomic mass is 10.3. The van der Waals surface area contributed by atoms with E-state index >= 15 is 0 Å². The van der Waals surface area contributed by atoms with Crippen molar-refractivity contribution in [1.29, 1.82) is 0 Å². The van der Waals surface area contributed by atoms with E-state index in [2.05, 4.69) is 11.6 Å². The predicted molar refractivity (Wildman–Crippen MR) is 58.9 cm³/mol. The van der Waals surface area contributed by atoms with Crippen LogP contribution in [0.2, 0.25) is 0 Å². The maximum atomic E-state index is 10.5. The van der Waals surface area contributed by atoms with E-state index in [0.29, 0.717) is 17.4 Å². The fourth-order valence-corrected chi connectivity index (χ4v) is 1.98. The first kappa shape index (κ1) is 12.1. The van der Waals surface area contributed by atoms with E-state index in [4.69, 9.17) is 4.55 Å². The van der Waals surface area contributed by atoms with Crippen LogP contribution in [0.4, 0.5) is 0 Å². The van der Waals surface area contributed by atoms with Gasteiger partial charge in [-0.3, -0.25) is 4.55 Å². The first-order chi connectivity index (χ1) is 6.87. The monoisotopic (exact) mass is 231 g/mol. The minimum Gasteiger partial charge on any atom is -0.286 e. The van der Waals surface area contributed by atoms with Crippen LogP contribution in [0.3, 0.4) is 0 Å². The zero-order valence-electron chi connectivity index (χ0n) is 8.63. The summed E-state index contributed by atoms with van der Waals surface area (Å²) in [6, 6.07) is 0. The number of aliphatic imine (C=N–C) groups is 1. The average molecular weight is 231 g/mol. The Hall–Kier alpha value is -0.980. The van der Waals surface area contributed by atoms with Gasteiger partial charge in [0.05, 0.1) is 25.5 Å². The van der Waals surface area contributed by atoms with Gasteiger partial charge < -0.3 is 0 Å². The standard InChI is InChI=1S/C9H14N2O3S/c1-3-9-10-5-7-11(9,2)6-4-8-15(12,13)14/h3,5,7H,1,4,6,8H2,2H3/p+1. The van der Waals surface area contributed by atoms with Gasteiger partial charge in [-0.05, 0) is 0 Å². The Balaban J connectivity index is 2.55. The van der Waals surface area contributed by atoms with Crippen molar-refractivity contribution in [3.63, 3.8) is 0 Å². The van der Waals surface area contributed by atoms with Gasteiger partial charge in [-0.15, -0.1) is 0 Å². The van der Waals surface area contributed by atoms with Crippen LogP contribution in [-0.4, -0.2) is 42.6 Å². The van der Waals surface area contributed by atoms with Crippen molar-refractivity contribution in [3.05, 3.63) is 25.1 Å².